The molecule has 1 heterocycles. The van der Waals surface area contributed by atoms with E-state index in [0.717, 1.165) is 0 Å². The highest BCUT2D eigenvalue weighted by molar-refractivity contribution is 6.04. The van der Waals surface area contributed by atoms with Crippen LogP contribution in [0.3, 0.4) is 0 Å². The van der Waals surface area contributed by atoms with Gasteiger partial charge in [-0.25, -0.2) is 0 Å². The molecule has 20 heavy (non-hydrogen) atoms. The second-order valence-electron chi connectivity index (χ2n) is 4.88. The average molecular weight is 268 g/mol. The molecular weight excluding hydrogens is 256 g/mol. The molecule has 1 aromatic rings. The van der Waals surface area contributed by atoms with Gasteiger partial charge in [0.25, 0.3) is 0 Å². The number of nitrogen functional groups attached to an aromatic ring is 1. The van der Waals surface area contributed by atoms with Crippen molar-refractivity contribution in [3.8, 4) is 12.1 Å². The van der Waals surface area contributed by atoms with Crippen LogP contribution in [-0.2, 0) is 15.0 Å². The number of piperidine rings is 1. The third kappa shape index (κ3) is 1.79. The summed E-state index contributed by atoms with van der Waals surface area (Å²) in [5, 5.41) is 20.6. The Hall–Kier alpha value is -2.86. The number of nitriles is 2. The lowest BCUT2D eigenvalue weighted by Gasteiger charge is -2.40. The Bertz CT molecular complexity index is 619. The summed E-state index contributed by atoms with van der Waals surface area (Å²) in [6, 6.07) is 10.3. The average Bonchev–Trinajstić information content (AvgIpc) is 2.39. The van der Waals surface area contributed by atoms with Gasteiger partial charge in [0.2, 0.25) is 11.8 Å². The lowest BCUT2D eigenvalue weighted by molar-refractivity contribution is -0.140. The molecule has 2 unspecified atom stereocenters. The summed E-state index contributed by atoms with van der Waals surface area (Å²) in [6.07, 6.45) is 0. The predicted octanol–water partition coefficient (Wildman–Crippen LogP) is 0.462. The Balaban J connectivity index is 2.65. The molecule has 0 aliphatic carbocycles. The number of anilines is 1. The topological polar surface area (TPSA) is 120 Å². The number of imide groups is 1. The minimum atomic E-state index is -1.20. The first-order chi connectivity index (χ1) is 9.44. The van der Waals surface area contributed by atoms with Crippen molar-refractivity contribution in [1.29, 1.82) is 10.5 Å². The Labute approximate surface area is 115 Å². The van der Waals surface area contributed by atoms with Gasteiger partial charge in [0.15, 0.2) is 0 Å². The molecule has 1 fully saturated rings. The normalized spacial score (nSPS) is 29.1. The lowest BCUT2D eigenvalue weighted by Crippen LogP contribution is -2.58. The molecule has 1 aliphatic rings. The van der Waals surface area contributed by atoms with Crippen LogP contribution in [0.25, 0.3) is 0 Å². The summed E-state index contributed by atoms with van der Waals surface area (Å²) in [7, 11) is 0. The standard InChI is InChI=1S/C14H12N4O2/c1-14(8-2-4-9(17)5-3-8)10(6-15)12(19)18-13(20)11(14)7-16/h2-5,10-11H,17H2,1H3,(H,18,19,20). The molecule has 1 aromatic carbocycles. The maximum absolute atomic E-state index is 11.9. The highest BCUT2D eigenvalue weighted by Crippen LogP contribution is 2.42. The second-order valence-corrected chi connectivity index (χ2v) is 4.88. The van der Waals surface area contributed by atoms with Crippen LogP contribution in [0.2, 0.25) is 0 Å². The first kappa shape index (κ1) is 13.6. The Morgan fingerprint density at radius 3 is 1.95 bits per heavy atom. The predicted molar refractivity (Wildman–Crippen MR) is 69.6 cm³/mol. The Morgan fingerprint density at radius 2 is 1.55 bits per heavy atom. The summed E-state index contributed by atoms with van der Waals surface area (Å²) in [5.74, 6) is -3.59. The van der Waals surface area contributed by atoms with E-state index in [1.54, 1.807) is 31.2 Å². The fourth-order valence-electron chi connectivity index (χ4n) is 2.54. The quantitative estimate of drug-likeness (QED) is 0.566. The molecular formula is C14H12N4O2. The number of carbonyl (C=O) groups excluding carboxylic acids is 2. The number of nitrogens with two attached hydrogens (primary N) is 1. The summed E-state index contributed by atoms with van der Waals surface area (Å²) >= 11 is 0. The van der Waals surface area contributed by atoms with Crippen molar-refractivity contribution in [3.63, 3.8) is 0 Å². The highest BCUT2D eigenvalue weighted by atomic mass is 16.2. The van der Waals surface area contributed by atoms with Gasteiger partial charge in [-0.1, -0.05) is 19.1 Å². The fraction of sp³-hybridized carbons (Fsp3) is 0.286. The third-order valence-electron chi connectivity index (χ3n) is 3.76. The van der Waals surface area contributed by atoms with E-state index < -0.39 is 29.1 Å². The van der Waals surface area contributed by atoms with E-state index in [0.29, 0.717) is 11.3 Å². The van der Waals surface area contributed by atoms with E-state index in [1.165, 1.54) is 0 Å². The van der Waals surface area contributed by atoms with Gasteiger partial charge in [-0.2, -0.15) is 10.5 Å². The van der Waals surface area contributed by atoms with Gasteiger partial charge in [0, 0.05) is 11.1 Å². The van der Waals surface area contributed by atoms with Gasteiger partial charge in [0.05, 0.1) is 12.1 Å². The number of nitrogens with one attached hydrogen (secondary N) is 1. The molecule has 0 radical (unpaired) electrons. The zero-order valence-electron chi connectivity index (χ0n) is 10.8. The van der Waals surface area contributed by atoms with Crippen LogP contribution in [0.5, 0.6) is 0 Å². The molecule has 3 N–H and O–H groups in total. The Kier molecular flexibility index (Phi) is 3.17. The van der Waals surface area contributed by atoms with Crippen molar-refractivity contribution >= 4 is 17.5 Å². The van der Waals surface area contributed by atoms with Crippen molar-refractivity contribution in [2.75, 3.05) is 5.73 Å². The fourth-order valence-corrected chi connectivity index (χ4v) is 2.54. The number of hydrogen-bond acceptors (Lipinski definition) is 5. The van der Waals surface area contributed by atoms with Crippen LogP contribution < -0.4 is 11.1 Å². The maximum atomic E-state index is 11.9. The molecule has 1 aliphatic heterocycles. The zero-order chi connectivity index (χ0) is 14.9. The number of rotatable bonds is 1. The summed E-state index contributed by atoms with van der Waals surface area (Å²) in [5.41, 5.74) is 5.50. The van der Waals surface area contributed by atoms with Crippen LogP contribution in [0.15, 0.2) is 24.3 Å². The van der Waals surface area contributed by atoms with E-state index in [4.69, 9.17) is 5.73 Å². The third-order valence-corrected chi connectivity index (χ3v) is 3.76. The minimum Gasteiger partial charge on any atom is -0.399 e. The summed E-state index contributed by atoms with van der Waals surface area (Å²) in [4.78, 5) is 23.7. The lowest BCUT2D eigenvalue weighted by atomic mass is 9.62. The van der Waals surface area contributed by atoms with Crippen molar-refractivity contribution in [3.05, 3.63) is 29.8 Å². The smallest absolute Gasteiger partial charge is 0.244 e. The molecule has 6 heteroatoms. The molecule has 2 amide bonds. The summed E-state index contributed by atoms with van der Waals surface area (Å²) in [6.45, 7) is 1.58. The molecule has 0 spiro atoms. The maximum Gasteiger partial charge on any atom is 0.244 e. The van der Waals surface area contributed by atoms with E-state index in [-0.39, 0.29) is 0 Å². The van der Waals surface area contributed by atoms with Crippen molar-refractivity contribution in [1.82, 2.24) is 5.32 Å². The number of carbonyl (C=O) groups is 2. The van der Waals surface area contributed by atoms with Crippen LogP contribution in [-0.4, -0.2) is 11.8 Å². The van der Waals surface area contributed by atoms with E-state index >= 15 is 0 Å². The van der Waals surface area contributed by atoms with Gasteiger partial charge < -0.3 is 5.73 Å². The van der Waals surface area contributed by atoms with Crippen LogP contribution >= 0.6 is 0 Å². The monoisotopic (exact) mass is 268 g/mol. The molecule has 0 saturated carbocycles. The van der Waals surface area contributed by atoms with E-state index in [1.807, 2.05) is 12.1 Å². The van der Waals surface area contributed by atoms with E-state index in [9.17, 15) is 20.1 Å². The van der Waals surface area contributed by atoms with Gasteiger partial charge in [-0.3, -0.25) is 14.9 Å². The van der Waals surface area contributed by atoms with Crippen LogP contribution in [0.4, 0.5) is 5.69 Å². The van der Waals surface area contributed by atoms with E-state index in [2.05, 4.69) is 5.32 Å². The number of nitrogens with zero attached hydrogens (tertiary/aromatic N) is 2. The molecule has 2 atom stereocenters. The molecule has 6 nitrogen and oxygen atoms in total. The highest BCUT2D eigenvalue weighted by Gasteiger charge is 2.54. The number of amides is 2. The SMILES string of the molecule is CC1(c2ccc(N)cc2)C(C#N)C(=O)NC(=O)C1C#N. The van der Waals surface area contributed by atoms with Crippen LogP contribution in [0, 0.1) is 34.5 Å². The molecule has 1 saturated heterocycles. The molecule has 100 valence electrons. The number of benzene rings is 1. The van der Waals surface area contributed by atoms with Gasteiger partial charge in [-0.15, -0.1) is 0 Å². The summed E-state index contributed by atoms with van der Waals surface area (Å²) < 4.78 is 0. The molecule has 0 aromatic heterocycles. The number of hydrogen-bond donors (Lipinski definition) is 2. The van der Waals surface area contributed by atoms with Gasteiger partial charge >= 0.3 is 0 Å². The molecule has 2 rings (SSSR count). The first-order valence-electron chi connectivity index (χ1n) is 5.95. The minimum absolute atomic E-state index is 0.519. The van der Waals surface area contributed by atoms with Crippen molar-refractivity contribution in [2.45, 2.75) is 12.3 Å². The van der Waals surface area contributed by atoms with Crippen LogP contribution in [0.1, 0.15) is 12.5 Å². The van der Waals surface area contributed by atoms with Gasteiger partial charge in [-0.05, 0) is 17.7 Å². The Morgan fingerprint density at radius 1 is 1.10 bits per heavy atom. The van der Waals surface area contributed by atoms with Crippen molar-refractivity contribution < 1.29 is 9.59 Å². The second kappa shape index (κ2) is 4.67. The van der Waals surface area contributed by atoms with Crippen molar-refractivity contribution in [2.24, 2.45) is 11.8 Å². The zero-order valence-corrected chi connectivity index (χ0v) is 10.8. The van der Waals surface area contributed by atoms with Gasteiger partial charge in [0.1, 0.15) is 11.8 Å². The first-order valence-corrected chi connectivity index (χ1v) is 5.95. The molecule has 0 bridgehead atoms. The largest absolute Gasteiger partial charge is 0.399 e.